The van der Waals surface area contributed by atoms with Crippen LogP contribution in [-0.2, 0) is 0 Å². The van der Waals surface area contributed by atoms with E-state index in [4.69, 9.17) is 0 Å². The SMILES string of the molecule is CCCNC(=NC)NCC(c1cccc(F)c1)N(C)C. The van der Waals surface area contributed by atoms with Crippen molar-refractivity contribution in [2.24, 2.45) is 4.99 Å². The van der Waals surface area contributed by atoms with Crippen LogP contribution in [0.4, 0.5) is 4.39 Å². The van der Waals surface area contributed by atoms with Gasteiger partial charge in [-0.15, -0.1) is 0 Å². The van der Waals surface area contributed by atoms with Gasteiger partial charge in [-0.1, -0.05) is 19.1 Å². The molecular weight excluding hydrogens is 255 g/mol. The Morgan fingerprint density at radius 1 is 1.35 bits per heavy atom. The van der Waals surface area contributed by atoms with Gasteiger partial charge in [0, 0.05) is 20.1 Å². The first-order chi connectivity index (χ1) is 9.58. The summed E-state index contributed by atoms with van der Waals surface area (Å²) in [5.41, 5.74) is 0.952. The summed E-state index contributed by atoms with van der Waals surface area (Å²) in [6, 6.07) is 6.81. The molecule has 2 N–H and O–H groups in total. The van der Waals surface area contributed by atoms with Crippen molar-refractivity contribution in [2.75, 3.05) is 34.2 Å². The van der Waals surface area contributed by atoms with Gasteiger partial charge in [-0.3, -0.25) is 4.99 Å². The van der Waals surface area contributed by atoms with E-state index in [1.807, 2.05) is 20.2 Å². The molecule has 1 atom stereocenters. The topological polar surface area (TPSA) is 39.7 Å². The van der Waals surface area contributed by atoms with Crippen molar-refractivity contribution in [1.29, 1.82) is 0 Å². The quantitative estimate of drug-likeness (QED) is 0.618. The minimum Gasteiger partial charge on any atom is -0.356 e. The molecule has 0 saturated heterocycles. The van der Waals surface area contributed by atoms with Crippen molar-refractivity contribution in [3.63, 3.8) is 0 Å². The van der Waals surface area contributed by atoms with Gasteiger partial charge in [-0.25, -0.2) is 4.39 Å². The molecule has 1 aromatic carbocycles. The van der Waals surface area contributed by atoms with Crippen molar-refractivity contribution in [1.82, 2.24) is 15.5 Å². The second-order valence-electron chi connectivity index (χ2n) is 4.91. The van der Waals surface area contributed by atoms with Gasteiger partial charge in [-0.05, 0) is 38.2 Å². The van der Waals surface area contributed by atoms with Gasteiger partial charge in [0.1, 0.15) is 5.82 Å². The highest BCUT2D eigenvalue weighted by Gasteiger charge is 2.15. The van der Waals surface area contributed by atoms with Crippen LogP contribution < -0.4 is 10.6 Å². The second-order valence-corrected chi connectivity index (χ2v) is 4.91. The summed E-state index contributed by atoms with van der Waals surface area (Å²) in [5.74, 6) is 0.568. The van der Waals surface area contributed by atoms with Crippen LogP contribution in [0, 0.1) is 5.82 Å². The van der Waals surface area contributed by atoms with Crippen LogP contribution in [-0.4, -0.2) is 45.1 Å². The van der Waals surface area contributed by atoms with E-state index >= 15 is 0 Å². The predicted octanol–water partition coefficient (Wildman–Crippen LogP) is 2.00. The van der Waals surface area contributed by atoms with Crippen molar-refractivity contribution in [2.45, 2.75) is 19.4 Å². The zero-order valence-corrected chi connectivity index (χ0v) is 12.8. The minimum atomic E-state index is -0.206. The van der Waals surface area contributed by atoms with Gasteiger partial charge >= 0.3 is 0 Å². The largest absolute Gasteiger partial charge is 0.356 e. The number of likely N-dealkylation sites (N-methyl/N-ethyl adjacent to an activating group) is 1. The lowest BCUT2D eigenvalue weighted by atomic mass is 10.1. The Morgan fingerprint density at radius 2 is 2.10 bits per heavy atom. The van der Waals surface area contributed by atoms with Gasteiger partial charge in [0.2, 0.25) is 0 Å². The summed E-state index contributed by atoms with van der Waals surface area (Å²) in [4.78, 5) is 6.23. The Morgan fingerprint density at radius 3 is 2.65 bits per heavy atom. The summed E-state index contributed by atoms with van der Waals surface area (Å²) in [6.45, 7) is 3.65. The predicted molar refractivity (Wildman–Crippen MR) is 82.5 cm³/mol. The van der Waals surface area contributed by atoms with Gasteiger partial charge < -0.3 is 15.5 Å². The van der Waals surface area contributed by atoms with E-state index in [0.29, 0.717) is 6.54 Å². The molecule has 1 aromatic rings. The standard InChI is InChI=1S/C15H25FN4/c1-5-9-18-15(17-2)19-11-14(20(3)4)12-7-6-8-13(16)10-12/h6-8,10,14H,5,9,11H2,1-4H3,(H2,17,18,19). The van der Waals surface area contributed by atoms with Crippen LogP contribution in [0.1, 0.15) is 24.9 Å². The van der Waals surface area contributed by atoms with Crippen molar-refractivity contribution in [3.05, 3.63) is 35.6 Å². The fraction of sp³-hybridized carbons (Fsp3) is 0.533. The van der Waals surface area contributed by atoms with Gasteiger partial charge in [-0.2, -0.15) is 0 Å². The van der Waals surface area contributed by atoms with Crippen LogP contribution in [0.15, 0.2) is 29.3 Å². The fourth-order valence-electron chi connectivity index (χ4n) is 1.97. The zero-order chi connectivity index (χ0) is 15.0. The van der Waals surface area contributed by atoms with Crippen LogP contribution in [0.5, 0.6) is 0 Å². The van der Waals surface area contributed by atoms with Crippen molar-refractivity contribution in [3.8, 4) is 0 Å². The highest BCUT2D eigenvalue weighted by atomic mass is 19.1. The number of hydrogen-bond acceptors (Lipinski definition) is 2. The number of guanidine groups is 1. The summed E-state index contributed by atoms with van der Waals surface area (Å²) >= 11 is 0. The molecular formula is C15H25FN4. The first-order valence-electron chi connectivity index (χ1n) is 6.94. The molecule has 4 nitrogen and oxygen atoms in total. The molecule has 0 aliphatic rings. The summed E-state index contributed by atoms with van der Waals surface area (Å²) in [6.07, 6.45) is 1.04. The molecule has 0 fully saturated rings. The monoisotopic (exact) mass is 280 g/mol. The molecule has 0 aliphatic carbocycles. The van der Waals surface area contributed by atoms with Crippen LogP contribution in [0.3, 0.4) is 0 Å². The summed E-state index contributed by atoms with van der Waals surface area (Å²) < 4.78 is 13.3. The minimum absolute atomic E-state index is 0.0888. The van der Waals surface area contributed by atoms with Gasteiger partial charge in [0.05, 0.1) is 6.04 Å². The third-order valence-electron chi connectivity index (χ3n) is 3.09. The van der Waals surface area contributed by atoms with Crippen LogP contribution in [0.25, 0.3) is 0 Å². The first kappa shape index (κ1) is 16.4. The number of nitrogens with zero attached hydrogens (tertiary/aromatic N) is 2. The maximum atomic E-state index is 13.3. The zero-order valence-electron chi connectivity index (χ0n) is 12.8. The molecule has 20 heavy (non-hydrogen) atoms. The van der Waals surface area contributed by atoms with Crippen molar-refractivity contribution >= 4 is 5.96 Å². The lowest BCUT2D eigenvalue weighted by molar-refractivity contribution is 0.297. The Labute approximate surface area is 121 Å². The molecule has 1 rings (SSSR count). The maximum Gasteiger partial charge on any atom is 0.191 e. The number of hydrogen-bond donors (Lipinski definition) is 2. The second kappa shape index (κ2) is 8.53. The number of halogens is 1. The molecule has 0 bridgehead atoms. The molecule has 0 spiro atoms. The molecule has 1 unspecified atom stereocenters. The third-order valence-corrected chi connectivity index (χ3v) is 3.09. The summed E-state index contributed by atoms with van der Waals surface area (Å²) in [5, 5.41) is 6.50. The first-order valence-corrected chi connectivity index (χ1v) is 6.94. The number of benzene rings is 1. The van der Waals surface area contributed by atoms with Crippen LogP contribution in [0.2, 0.25) is 0 Å². The summed E-state index contributed by atoms with van der Waals surface area (Å²) in [7, 11) is 5.72. The fourth-order valence-corrected chi connectivity index (χ4v) is 1.97. The van der Waals surface area contributed by atoms with E-state index in [2.05, 4.69) is 27.4 Å². The Bertz CT molecular complexity index is 432. The Balaban J connectivity index is 2.69. The highest BCUT2D eigenvalue weighted by molar-refractivity contribution is 5.79. The smallest absolute Gasteiger partial charge is 0.191 e. The van der Waals surface area contributed by atoms with E-state index in [0.717, 1.165) is 24.5 Å². The van der Waals surface area contributed by atoms with Crippen LogP contribution >= 0.6 is 0 Å². The molecule has 112 valence electrons. The Kier molecular flexibility index (Phi) is 7.01. The average Bonchev–Trinajstić information content (AvgIpc) is 2.42. The number of rotatable bonds is 6. The lowest BCUT2D eigenvalue weighted by Crippen LogP contribution is -2.42. The molecule has 0 saturated carbocycles. The molecule has 0 aliphatic heterocycles. The number of aliphatic imine (C=N–C) groups is 1. The molecule has 0 radical (unpaired) electrons. The van der Waals surface area contributed by atoms with Gasteiger partial charge in [0.25, 0.3) is 0 Å². The lowest BCUT2D eigenvalue weighted by Gasteiger charge is -2.26. The van der Waals surface area contributed by atoms with E-state index in [1.54, 1.807) is 19.2 Å². The number of nitrogens with one attached hydrogen (secondary N) is 2. The maximum absolute atomic E-state index is 13.3. The molecule has 0 heterocycles. The van der Waals surface area contributed by atoms with E-state index < -0.39 is 0 Å². The molecule has 0 amide bonds. The normalized spacial score (nSPS) is 13.4. The highest BCUT2D eigenvalue weighted by Crippen LogP contribution is 2.18. The van der Waals surface area contributed by atoms with Crippen molar-refractivity contribution < 1.29 is 4.39 Å². The third kappa shape index (κ3) is 5.17. The van der Waals surface area contributed by atoms with E-state index in [-0.39, 0.29) is 11.9 Å². The van der Waals surface area contributed by atoms with Gasteiger partial charge in [0.15, 0.2) is 5.96 Å². The Hall–Kier alpha value is -1.62. The molecule has 5 heteroatoms. The molecule has 0 aromatic heterocycles. The average molecular weight is 280 g/mol. The van der Waals surface area contributed by atoms with E-state index in [1.165, 1.54) is 6.07 Å². The van der Waals surface area contributed by atoms with E-state index in [9.17, 15) is 4.39 Å².